The molecule has 1 aromatic heterocycles. The van der Waals surface area contributed by atoms with Crippen LogP contribution in [0, 0.1) is 6.92 Å². The number of hydrogen-bond donors (Lipinski definition) is 2. The molecule has 1 aromatic carbocycles. The minimum Gasteiger partial charge on any atom is -0.507 e. The zero-order valence-electron chi connectivity index (χ0n) is 15.6. The van der Waals surface area contributed by atoms with Crippen molar-refractivity contribution < 1.29 is 14.9 Å². The highest BCUT2D eigenvalue weighted by Crippen LogP contribution is 2.28. The Morgan fingerprint density at radius 1 is 1.07 bits per heavy atom. The Labute approximate surface area is 159 Å². The molecule has 2 atom stereocenters. The van der Waals surface area contributed by atoms with Crippen LogP contribution in [0.2, 0.25) is 0 Å². The number of aliphatic hydroxyl groups is 1. The maximum atomic E-state index is 10.1. The summed E-state index contributed by atoms with van der Waals surface area (Å²) in [7, 11) is 0. The van der Waals surface area contributed by atoms with Gasteiger partial charge in [0.2, 0.25) is 0 Å². The van der Waals surface area contributed by atoms with Crippen LogP contribution < -0.4 is 4.90 Å². The van der Waals surface area contributed by atoms with Crippen LogP contribution in [0.5, 0.6) is 5.75 Å². The summed E-state index contributed by atoms with van der Waals surface area (Å²) in [6, 6.07) is 9.24. The van der Waals surface area contributed by atoms with E-state index in [1.165, 1.54) is 0 Å². The second kappa shape index (κ2) is 7.80. The van der Waals surface area contributed by atoms with Crippen molar-refractivity contribution >= 4 is 5.82 Å². The average molecular weight is 370 g/mol. The van der Waals surface area contributed by atoms with Crippen LogP contribution in [-0.4, -0.2) is 76.6 Å². The Kier molecular flexibility index (Phi) is 5.24. The van der Waals surface area contributed by atoms with Gasteiger partial charge in [-0.05, 0) is 25.5 Å². The van der Waals surface area contributed by atoms with E-state index in [0.29, 0.717) is 24.6 Å². The van der Waals surface area contributed by atoms with Crippen LogP contribution in [0.4, 0.5) is 5.82 Å². The Morgan fingerprint density at radius 3 is 2.70 bits per heavy atom. The fourth-order valence-electron chi connectivity index (χ4n) is 3.88. The number of rotatable bonds is 3. The van der Waals surface area contributed by atoms with Crippen LogP contribution in [0.25, 0.3) is 11.4 Å². The summed E-state index contributed by atoms with van der Waals surface area (Å²) in [5.41, 5.74) is 1.52. The summed E-state index contributed by atoms with van der Waals surface area (Å²) in [5.74, 6) is 1.61. The normalized spacial score (nSPS) is 24.1. The van der Waals surface area contributed by atoms with Gasteiger partial charge in [-0.15, -0.1) is 0 Å². The van der Waals surface area contributed by atoms with Crippen LogP contribution >= 0.6 is 0 Å². The first-order chi connectivity index (χ1) is 13.1. The summed E-state index contributed by atoms with van der Waals surface area (Å²) in [4.78, 5) is 13.8. The minimum atomic E-state index is -0.398. The van der Waals surface area contributed by atoms with Gasteiger partial charge in [0, 0.05) is 37.9 Å². The van der Waals surface area contributed by atoms with E-state index >= 15 is 0 Å². The Bertz CT molecular complexity index is 801. The molecule has 7 nitrogen and oxygen atoms in total. The van der Waals surface area contributed by atoms with Gasteiger partial charge >= 0.3 is 0 Å². The maximum Gasteiger partial charge on any atom is 0.165 e. The molecule has 144 valence electrons. The highest BCUT2D eigenvalue weighted by atomic mass is 16.5. The molecule has 27 heavy (non-hydrogen) atoms. The van der Waals surface area contributed by atoms with Crippen LogP contribution in [0.3, 0.4) is 0 Å². The van der Waals surface area contributed by atoms with E-state index in [4.69, 9.17) is 9.72 Å². The number of anilines is 1. The minimum absolute atomic E-state index is 0.0916. The third-order valence-corrected chi connectivity index (χ3v) is 5.33. The van der Waals surface area contributed by atoms with Gasteiger partial charge in [-0.25, -0.2) is 9.97 Å². The third kappa shape index (κ3) is 3.90. The van der Waals surface area contributed by atoms with Crippen molar-refractivity contribution in [2.24, 2.45) is 0 Å². The van der Waals surface area contributed by atoms with E-state index in [-0.39, 0.29) is 11.8 Å². The van der Waals surface area contributed by atoms with Gasteiger partial charge in [0.15, 0.2) is 5.82 Å². The molecule has 2 aromatic rings. The lowest BCUT2D eigenvalue weighted by atomic mass is 10.2. The lowest BCUT2D eigenvalue weighted by Crippen LogP contribution is -2.44. The lowest BCUT2D eigenvalue weighted by Gasteiger charge is -2.28. The van der Waals surface area contributed by atoms with Gasteiger partial charge in [-0.3, -0.25) is 4.90 Å². The van der Waals surface area contributed by atoms with E-state index in [1.54, 1.807) is 12.1 Å². The second-order valence-electron chi connectivity index (χ2n) is 7.26. The number of phenolic OH excluding ortho intramolecular Hbond substituents is 1. The number of ether oxygens (including phenoxy) is 1. The molecular formula is C20H26N4O3. The highest BCUT2D eigenvalue weighted by Gasteiger charge is 2.32. The molecule has 2 aliphatic heterocycles. The van der Waals surface area contributed by atoms with Crippen molar-refractivity contribution in [1.82, 2.24) is 14.9 Å². The molecule has 0 bridgehead atoms. The summed E-state index contributed by atoms with van der Waals surface area (Å²) >= 11 is 0. The number of phenols is 1. The predicted molar refractivity (Wildman–Crippen MR) is 103 cm³/mol. The molecule has 2 fully saturated rings. The summed E-state index contributed by atoms with van der Waals surface area (Å²) in [5, 5.41) is 20.3. The van der Waals surface area contributed by atoms with E-state index in [0.717, 1.165) is 44.1 Å². The smallest absolute Gasteiger partial charge is 0.165 e. The molecule has 7 heteroatoms. The molecule has 0 radical (unpaired) electrons. The van der Waals surface area contributed by atoms with Crippen molar-refractivity contribution in [1.29, 1.82) is 0 Å². The van der Waals surface area contributed by atoms with E-state index in [1.807, 2.05) is 25.1 Å². The number of aryl methyl sites for hydroxylation is 1. The first-order valence-corrected chi connectivity index (χ1v) is 9.50. The quantitative estimate of drug-likeness (QED) is 0.846. The van der Waals surface area contributed by atoms with E-state index in [2.05, 4.69) is 14.8 Å². The Hall–Kier alpha value is -2.22. The zero-order chi connectivity index (χ0) is 18.8. The van der Waals surface area contributed by atoms with Crippen molar-refractivity contribution in [2.45, 2.75) is 25.5 Å². The zero-order valence-corrected chi connectivity index (χ0v) is 15.6. The molecule has 2 aliphatic rings. The number of aromatic nitrogens is 2. The van der Waals surface area contributed by atoms with Crippen LogP contribution in [0.1, 0.15) is 12.1 Å². The number of aromatic hydroxyl groups is 1. The number of para-hydroxylation sites is 1. The Morgan fingerprint density at radius 2 is 1.93 bits per heavy atom. The van der Waals surface area contributed by atoms with Gasteiger partial charge in [0.1, 0.15) is 11.6 Å². The van der Waals surface area contributed by atoms with Crippen LogP contribution in [-0.2, 0) is 4.74 Å². The second-order valence-corrected chi connectivity index (χ2v) is 7.26. The summed E-state index contributed by atoms with van der Waals surface area (Å²) in [6.07, 6.45) is 0.601. The summed E-state index contributed by atoms with van der Waals surface area (Å²) in [6.45, 7) is 6.52. The van der Waals surface area contributed by atoms with Crippen molar-refractivity contribution in [3.05, 3.63) is 36.0 Å². The van der Waals surface area contributed by atoms with Gasteiger partial charge in [0.05, 0.1) is 30.9 Å². The molecule has 4 rings (SSSR count). The standard InChI is InChI=1S/C20H26N4O3/c1-14-11-19(22-20(21-14)15-5-2-3-6-17(15)25)24-8-4-7-23(9-10-24)16-12-27-13-18(16)26/h2-3,5-6,11,16,18,25-26H,4,7-10,12-13H2,1H3/t16-,18-/m0/s1. The molecule has 0 saturated carbocycles. The fraction of sp³-hybridized carbons (Fsp3) is 0.500. The SMILES string of the molecule is Cc1cc(N2CCCN([C@H]3COC[C@@H]3O)CC2)nc(-c2ccccc2O)n1. The molecular weight excluding hydrogens is 344 g/mol. The van der Waals surface area contributed by atoms with Gasteiger partial charge < -0.3 is 19.8 Å². The first-order valence-electron chi connectivity index (χ1n) is 9.50. The van der Waals surface area contributed by atoms with Crippen molar-refractivity contribution in [3.63, 3.8) is 0 Å². The number of benzene rings is 1. The highest BCUT2D eigenvalue weighted by molar-refractivity contribution is 5.65. The molecule has 0 aliphatic carbocycles. The third-order valence-electron chi connectivity index (χ3n) is 5.33. The lowest BCUT2D eigenvalue weighted by molar-refractivity contribution is 0.0859. The van der Waals surface area contributed by atoms with E-state index < -0.39 is 6.10 Å². The van der Waals surface area contributed by atoms with Crippen LogP contribution in [0.15, 0.2) is 30.3 Å². The molecule has 2 saturated heterocycles. The molecule has 2 N–H and O–H groups in total. The van der Waals surface area contributed by atoms with E-state index in [9.17, 15) is 10.2 Å². The topological polar surface area (TPSA) is 82.0 Å². The Balaban J connectivity index is 1.54. The number of aliphatic hydroxyl groups excluding tert-OH is 1. The number of nitrogens with zero attached hydrogens (tertiary/aromatic N) is 4. The monoisotopic (exact) mass is 370 g/mol. The van der Waals surface area contributed by atoms with Gasteiger partial charge in [-0.2, -0.15) is 0 Å². The molecule has 0 spiro atoms. The average Bonchev–Trinajstić information content (AvgIpc) is 2.94. The predicted octanol–water partition coefficient (Wildman–Crippen LogP) is 1.43. The summed E-state index contributed by atoms with van der Waals surface area (Å²) < 4.78 is 5.42. The maximum absolute atomic E-state index is 10.1. The fourth-order valence-corrected chi connectivity index (χ4v) is 3.88. The first kappa shape index (κ1) is 18.2. The molecule has 3 heterocycles. The van der Waals surface area contributed by atoms with Crippen molar-refractivity contribution in [2.75, 3.05) is 44.3 Å². The van der Waals surface area contributed by atoms with Gasteiger partial charge in [-0.1, -0.05) is 12.1 Å². The van der Waals surface area contributed by atoms with Gasteiger partial charge in [0.25, 0.3) is 0 Å². The molecule has 0 amide bonds. The number of hydrogen-bond acceptors (Lipinski definition) is 7. The van der Waals surface area contributed by atoms with Crippen molar-refractivity contribution in [3.8, 4) is 17.1 Å². The largest absolute Gasteiger partial charge is 0.507 e. The molecule has 0 unspecified atom stereocenters.